The standard InChI is InChI=1S/C11H10N2O2.ClH/c14-11-6-7-12-10(13-11)8-15-9-4-2-1-3-5-9;/h1-7H,8H2,(H,12,13,14);1H. The van der Waals surface area contributed by atoms with E-state index in [0.717, 1.165) is 5.75 Å². The Bertz CT molecular complexity index is 485. The Hall–Kier alpha value is -1.81. The average molecular weight is 239 g/mol. The highest BCUT2D eigenvalue weighted by atomic mass is 35.5. The number of hydrogen-bond donors (Lipinski definition) is 1. The van der Waals surface area contributed by atoms with Crippen LogP contribution in [0.4, 0.5) is 0 Å². The number of H-pyrrole nitrogens is 1. The number of benzene rings is 1. The van der Waals surface area contributed by atoms with Gasteiger partial charge in [-0.2, -0.15) is 0 Å². The van der Waals surface area contributed by atoms with Gasteiger partial charge in [0.2, 0.25) is 0 Å². The minimum atomic E-state index is -0.170. The summed E-state index contributed by atoms with van der Waals surface area (Å²) < 4.78 is 5.41. The highest BCUT2D eigenvalue weighted by molar-refractivity contribution is 5.85. The summed E-state index contributed by atoms with van der Waals surface area (Å²) in [6, 6.07) is 10.7. The second-order valence-corrected chi connectivity index (χ2v) is 2.98. The number of rotatable bonds is 3. The van der Waals surface area contributed by atoms with Gasteiger partial charge in [0.05, 0.1) is 0 Å². The van der Waals surface area contributed by atoms with Gasteiger partial charge in [-0.3, -0.25) is 4.79 Å². The lowest BCUT2D eigenvalue weighted by Gasteiger charge is -2.04. The van der Waals surface area contributed by atoms with Gasteiger partial charge in [-0.15, -0.1) is 12.4 Å². The summed E-state index contributed by atoms with van der Waals surface area (Å²) in [5.74, 6) is 1.27. The maximum absolute atomic E-state index is 11.0. The molecule has 5 heteroatoms. The molecule has 0 amide bonds. The van der Waals surface area contributed by atoms with Gasteiger partial charge in [0, 0.05) is 12.3 Å². The third kappa shape index (κ3) is 3.40. The van der Waals surface area contributed by atoms with Crippen molar-refractivity contribution in [2.75, 3.05) is 0 Å². The predicted octanol–water partition coefficient (Wildman–Crippen LogP) is 1.77. The molecule has 1 N–H and O–H groups in total. The van der Waals surface area contributed by atoms with Crippen LogP contribution in [0.2, 0.25) is 0 Å². The number of aromatic amines is 1. The Morgan fingerprint density at radius 2 is 1.94 bits per heavy atom. The fourth-order valence-corrected chi connectivity index (χ4v) is 1.15. The van der Waals surface area contributed by atoms with Crippen LogP contribution in [-0.4, -0.2) is 9.97 Å². The average Bonchev–Trinajstić information content (AvgIpc) is 2.28. The SMILES string of the molecule is Cl.O=c1ccnc(COc2ccccc2)[nH]1. The second kappa shape index (κ2) is 5.92. The Morgan fingerprint density at radius 1 is 1.19 bits per heavy atom. The van der Waals surface area contributed by atoms with Crippen LogP contribution in [0.1, 0.15) is 5.82 Å². The molecule has 0 atom stereocenters. The van der Waals surface area contributed by atoms with Gasteiger partial charge >= 0.3 is 0 Å². The largest absolute Gasteiger partial charge is 0.486 e. The van der Waals surface area contributed by atoms with Crippen molar-refractivity contribution in [3.63, 3.8) is 0 Å². The third-order valence-electron chi connectivity index (χ3n) is 1.84. The van der Waals surface area contributed by atoms with Crippen molar-refractivity contribution in [2.45, 2.75) is 6.61 Å². The topological polar surface area (TPSA) is 55.0 Å². The molecule has 16 heavy (non-hydrogen) atoms. The molecule has 0 aliphatic rings. The molecule has 0 saturated carbocycles. The van der Waals surface area contributed by atoms with E-state index in [0.29, 0.717) is 5.82 Å². The molecule has 0 aliphatic carbocycles. The van der Waals surface area contributed by atoms with E-state index in [1.165, 1.54) is 12.3 Å². The lowest BCUT2D eigenvalue weighted by Crippen LogP contribution is -2.10. The van der Waals surface area contributed by atoms with Crippen molar-refractivity contribution in [3.8, 4) is 5.75 Å². The monoisotopic (exact) mass is 238 g/mol. The summed E-state index contributed by atoms with van der Waals surface area (Å²) in [5.41, 5.74) is -0.170. The highest BCUT2D eigenvalue weighted by Crippen LogP contribution is 2.09. The van der Waals surface area contributed by atoms with Crippen LogP contribution in [0.15, 0.2) is 47.4 Å². The van der Waals surface area contributed by atoms with Crippen LogP contribution in [-0.2, 0) is 6.61 Å². The molecule has 0 unspecified atom stereocenters. The zero-order valence-electron chi connectivity index (χ0n) is 8.42. The molecule has 4 nitrogen and oxygen atoms in total. The fourth-order valence-electron chi connectivity index (χ4n) is 1.15. The summed E-state index contributed by atoms with van der Waals surface area (Å²) in [7, 11) is 0. The molecule has 0 bridgehead atoms. The molecule has 0 fully saturated rings. The zero-order chi connectivity index (χ0) is 10.5. The lowest BCUT2D eigenvalue weighted by molar-refractivity contribution is 0.295. The Morgan fingerprint density at radius 3 is 2.62 bits per heavy atom. The maximum Gasteiger partial charge on any atom is 0.250 e. The van der Waals surface area contributed by atoms with Gasteiger partial charge in [-0.1, -0.05) is 18.2 Å². The Labute approximate surface area is 98.7 Å². The number of para-hydroxylation sites is 1. The first-order valence-electron chi connectivity index (χ1n) is 4.56. The maximum atomic E-state index is 11.0. The van der Waals surface area contributed by atoms with Crippen LogP contribution in [0.3, 0.4) is 0 Å². The van der Waals surface area contributed by atoms with Crippen LogP contribution in [0, 0.1) is 0 Å². The number of ether oxygens (including phenoxy) is 1. The van der Waals surface area contributed by atoms with Crippen molar-refractivity contribution < 1.29 is 4.74 Å². The van der Waals surface area contributed by atoms with Crippen molar-refractivity contribution in [1.29, 1.82) is 0 Å². The minimum Gasteiger partial charge on any atom is -0.486 e. The number of halogens is 1. The van der Waals surface area contributed by atoms with E-state index < -0.39 is 0 Å². The summed E-state index contributed by atoms with van der Waals surface area (Å²) in [6.45, 7) is 0.264. The molecule has 0 saturated heterocycles. The van der Waals surface area contributed by atoms with Gasteiger partial charge < -0.3 is 9.72 Å². The predicted molar refractivity (Wildman–Crippen MR) is 62.9 cm³/mol. The minimum absolute atomic E-state index is 0. The lowest BCUT2D eigenvalue weighted by atomic mass is 10.3. The van der Waals surface area contributed by atoms with E-state index >= 15 is 0 Å². The number of aromatic nitrogens is 2. The number of nitrogens with zero attached hydrogens (tertiary/aromatic N) is 1. The summed E-state index contributed by atoms with van der Waals surface area (Å²) in [4.78, 5) is 17.5. The van der Waals surface area contributed by atoms with Gasteiger partial charge in [-0.05, 0) is 12.1 Å². The molecule has 0 aliphatic heterocycles. The van der Waals surface area contributed by atoms with Gasteiger partial charge in [-0.25, -0.2) is 4.98 Å². The number of nitrogens with one attached hydrogen (secondary N) is 1. The van der Waals surface area contributed by atoms with Crippen molar-refractivity contribution in [1.82, 2.24) is 9.97 Å². The molecule has 2 rings (SSSR count). The normalized spacial score (nSPS) is 9.25. The van der Waals surface area contributed by atoms with Gasteiger partial charge in [0.15, 0.2) is 0 Å². The van der Waals surface area contributed by atoms with Crippen LogP contribution in [0.5, 0.6) is 5.75 Å². The molecule has 0 spiro atoms. The number of hydrogen-bond acceptors (Lipinski definition) is 3. The first kappa shape index (κ1) is 12.3. The molecule has 2 aromatic rings. The molecule has 1 aromatic carbocycles. The van der Waals surface area contributed by atoms with E-state index in [4.69, 9.17) is 4.74 Å². The van der Waals surface area contributed by atoms with E-state index in [9.17, 15) is 4.79 Å². The Balaban J connectivity index is 0.00000128. The highest BCUT2D eigenvalue weighted by Gasteiger charge is 1.96. The van der Waals surface area contributed by atoms with E-state index in [1.807, 2.05) is 30.3 Å². The molecule has 1 aromatic heterocycles. The first-order chi connectivity index (χ1) is 7.34. The van der Waals surface area contributed by atoms with Crippen molar-refractivity contribution in [2.24, 2.45) is 0 Å². The van der Waals surface area contributed by atoms with E-state index in [-0.39, 0.29) is 24.6 Å². The van der Waals surface area contributed by atoms with Crippen molar-refractivity contribution >= 4 is 12.4 Å². The summed E-state index contributed by atoms with van der Waals surface area (Å²) in [5, 5.41) is 0. The third-order valence-corrected chi connectivity index (χ3v) is 1.84. The summed E-state index contributed by atoms with van der Waals surface area (Å²) >= 11 is 0. The molecular formula is C11H11ClN2O2. The van der Waals surface area contributed by atoms with E-state index in [1.54, 1.807) is 0 Å². The van der Waals surface area contributed by atoms with Crippen LogP contribution in [0.25, 0.3) is 0 Å². The first-order valence-corrected chi connectivity index (χ1v) is 4.56. The van der Waals surface area contributed by atoms with Gasteiger partial charge in [0.25, 0.3) is 5.56 Å². The molecule has 84 valence electrons. The smallest absolute Gasteiger partial charge is 0.250 e. The van der Waals surface area contributed by atoms with Crippen molar-refractivity contribution in [3.05, 3.63) is 58.8 Å². The molecule has 1 heterocycles. The van der Waals surface area contributed by atoms with Gasteiger partial charge in [0.1, 0.15) is 18.2 Å². The second-order valence-electron chi connectivity index (χ2n) is 2.98. The van der Waals surface area contributed by atoms with Crippen LogP contribution >= 0.6 is 12.4 Å². The quantitative estimate of drug-likeness (QED) is 0.887. The van der Waals surface area contributed by atoms with E-state index in [2.05, 4.69) is 9.97 Å². The van der Waals surface area contributed by atoms with Crippen LogP contribution < -0.4 is 10.3 Å². The summed E-state index contributed by atoms with van der Waals surface area (Å²) in [6.07, 6.45) is 1.46. The molecular weight excluding hydrogens is 228 g/mol. The molecule has 0 radical (unpaired) electrons. The Kier molecular flexibility index (Phi) is 4.54. The zero-order valence-corrected chi connectivity index (χ0v) is 9.24. The fraction of sp³-hybridized carbons (Fsp3) is 0.0909.